The summed E-state index contributed by atoms with van der Waals surface area (Å²) in [7, 11) is 0. The van der Waals surface area contributed by atoms with Gasteiger partial charge in [-0.15, -0.1) is 11.3 Å². The van der Waals surface area contributed by atoms with E-state index in [1.54, 1.807) is 35.7 Å². The third kappa shape index (κ3) is 4.00. The molecule has 0 saturated heterocycles. The van der Waals surface area contributed by atoms with Gasteiger partial charge in [-0.2, -0.15) is 0 Å². The van der Waals surface area contributed by atoms with Crippen LogP contribution in [0.15, 0.2) is 64.6 Å². The highest BCUT2D eigenvalue weighted by atomic mass is 35.5. The number of carbonyl (C=O) groups excluding carboxylic acids is 2. The number of anilines is 2. The Morgan fingerprint density at radius 2 is 1.93 bits per heavy atom. The van der Waals surface area contributed by atoms with Crippen LogP contribution in [0.25, 0.3) is 6.08 Å². The second-order valence-electron chi connectivity index (χ2n) is 6.20. The van der Waals surface area contributed by atoms with E-state index in [-0.39, 0.29) is 22.4 Å². The first-order valence-corrected chi connectivity index (χ1v) is 9.97. The van der Waals surface area contributed by atoms with E-state index in [2.05, 4.69) is 9.98 Å². The molecule has 30 heavy (non-hydrogen) atoms. The van der Waals surface area contributed by atoms with Crippen molar-refractivity contribution in [3.63, 3.8) is 0 Å². The molecule has 1 amide bonds. The van der Waals surface area contributed by atoms with Crippen LogP contribution in [0.5, 0.6) is 0 Å². The molecule has 9 heteroatoms. The zero-order valence-corrected chi connectivity index (χ0v) is 17.1. The van der Waals surface area contributed by atoms with Crippen LogP contribution in [0, 0.1) is 5.82 Å². The lowest BCUT2D eigenvalue weighted by molar-refractivity contribution is -0.130. The highest BCUT2D eigenvalue weighted by Crippen LogP contribution is 2.31. The van der Waals surface area contributed by atoms with Crippen molar-refractivity contribution < 1.29 is 18.7 Å². The maximum absolute atomic E-state index is 14.2. The van der Waals surface area contributed by atoms with E-state index in [4.69, 9.17) is 16.3 Å². The zero-order valence-electron chi connectivity index (χ0n) is 15.5. The monoisotopic (exact) mass is 441 g/mol. The summed E-state index contributed by atoms with van der Waals surface area (Å²) in [4.78, 5) is 34.0. The Morgan fingerprint density at radius 3 is 2.63 bits per heavy atom. The van der Waals surface area contributed by atoms with Gasteiger partial charge in [-0.25, -0.2) is 19.2 Å². The third-order valence-electron chi connectivity index (χ3n) is 4.11. The molecule has 1 aromatic heterocycles. The summed E-state index contributed by atoms with van der Waals surface area (Å²) in [6, 6.07) is 12.6. The predicted octanol–water partition coefficient (Wildman–Crippen LogP) is 4.96. The normalized spacial score (nSPS) is 14.6. The van der Waals surface area contributed by atoms with Crippen molar-refractivity contribution in [2.45, 2.75) is 6.92 Å². The van der Waals surface area contributed by atoms with Crippen LogP contribution in [-0.4, -0.2) is 22.8 Å². The van der Waals surface area contributed by atoms with E-state index < -0.39 is 17.7 Å². The quantitative estimate of drug-likeness (QED) is 0.423. The van der Waals surface area contributed by atoms with Gasteiger partial charge in [0.1, 0.15) is 5.82 Å². The molecule has 3 aromatic rings. The number of halogens is 2. The van der Waals surface area contributed by atoms with Gasteiger partial charge in [-0.05, 0) is 42.5 Å². The van der Waals surface area contributed by atoms with Gasteiger partial charge in [-0.3, -0.25) is 9.69 Å². The molecule has 0 atom stereocenters. The molecule has 0 unspecified atom stereocenters. The van der Waals surface area contributed by atoms with Gasteiger partial charge in [0.25, 0.3) is 0 Å². The molecule has 0 saturated carbocycles. The van der Waals surface area contributed by atoms with Crippen molar-refractivity contribution in [2.75, 3.05) is 4.90 Å². The topological polar surface area (TPSA) is 71.9 Å². The minimum atomic E-state index is -0.618. The Hall–Kier alpha value is -3.36. The Balaban J connectivity index is 1.64. The van der Waals surface area contributed by atoms with Crippen LogP contribution in [0.4, 0.5) is 15.2 Å². The molecule has 6 nitrogen and oxygen atoms in total. The number of ether oxygens (including phenoxy) is 1. The molecule has 0 aliphatic carbocycles. The lowest BCUT2D eigenvalue weighted by atomic mass is 10.2. The number of esters is 1. The number of hydrogen-bond donors (Lipinski definition) is 0. The predicted molar refractivity (Wildman–Crippen MR) is 113 cm³/mol. The minimum Gasteiger partial charge on any atom is -0.402 e. The molecule has 1 aliphatic rings. The van der Waals surface area contributed by atoms with Crippen molar-refractivity contribution in [1.29, 1.82) is 0 Å². The summed E-state index contributed by atoms with van der Waals surface area (Å²) < 4.78 is 19.4. The third-order valence-corrected chi connectivity index (χ3v) is 5.20. The second-order valence-corrected chi connectivity index (χ2v) is 7.48. The Labute approximate surface area is 179 Å². The second kappa shape index (κ2) is 8.17. The molecule has 0 N–H and O–H groups in total. The summed E-state index contributed by atoms with van der Waals surface area (Å²) in [6.45, 7) is 1.32. The average Bonchev–Trinajstić information content (AvgIpc) is 3.31. The van der Waals surface area contributed by atoms with E-state index in [0.717, 1.165) is 11.3 Å². The first-order valence-electron chi connectivity index (χ1n) is 8.71. The molecular formula is C21H13ClFN3O3S. The fraction of sp³-hybridized carbons (Fsp3) is 0.0476. The van der Waals surface area contributed by atoms with Gasteiger partial charge >= 0.3 is 5.97 Å². The maximum Gasteiger partial charge on any atom is 0.363 e. The number of para-hydroxylation sites is 1. The number of aromatic nitrogens is 1. The van der Waals surface area contributed by atoms with E-state index in [9.17, 15) is 14.0 Å². The maximum atomic E-state index is 14.2. The number of thiazole rings is 1. The average molecular weight is 442 g/mol. The summed E-state index contributed by atoms with van der Waals surface area (Å²) in [6.07, 6.45) is 1.45. The molecule has 0 radical (unpaired) electrons. The summed E-state index contributed by atoms with van der Waals surface area (Å²) in [5, 5.41) is 2.47. The standard InChI is InChI=1S/C21H13ClFN3O3S/c1-12(27)26(18-5-3-2-4-16(18)23)21-24-15(11-30-21)10-17-20(28)29-19(25-17)13-6-8-14(22)9-7-13/h2-11H,1H3/b17-10-. The van der Waals surface area contributed by atoms with Gasteiger partial charge < -0.3 is 4.74 Å². The zero-order chi connectivity index (χ0) is 21.3. The number of nitrogens with zero attached hydrogens (tertiary/aromatic N) is 3. The molecule has 1 aliphatic heterocycles. The van der Waals surface area contributed by atoms with E-state index in [1.165, 1.54) is 36.1 Å². The molecule has 4 rings (SSSR count). The van der Waals surface area contributed by atoms with Crippen LogP contribution in [0.2, 0.25) is 5.02 Å². The number of amides is 1. The van der Waals surface area contributed by atoms with Crippen molar-refractivity contribution in [3.8, 4) is 0 Å². The number of hydrogen-bond acceptors (Lipinski definition) is 6. The SMILES string of the molecule is CC(=O)N(c1nc(/C=C2\N=C(c3ccc(Cl)cc3)OC2=O)cs1)c1ccccc1F. The molecule has 150 valence electrons. The Kier molecular flexibility index (Phi) is 5.43. The van der Waals surface area contributed by atoms with Crippen LogP contribution in [0.1, 0.15) is 18.2 Å². The lowest BCUT2D eigenvalue weighted by Crippen LogP contribution is -2.23. The number of benzene rings is 2. The molecular weight excluding hydrogens is 429 g/mol. The van der Waals surface area contributed by atoms with Crippen molar-refractivity contribution in [2.24, 2.45) is 4.99 Å². The fourth-order valence-corrected chi connectivity index (χ4v) is 3.71. The highest BCUT2D eigenvalue weighted by molar-refractivity contribution is 7.14. The van der Waals surface area contributed by atoms with Crippen molar-refractivity contribution in [3.05, 3.63) is 81.7 Å². The van der Waals surface area contributed by atoms with E-state index in [0.29, 0.717) is 16.3 Å². The Morgan fingerprint density at radius 1 is 1.20 bits per heavy atom. The van der Waals surface area contributed by atoms with E-state index in [1.807, 2.05) is 0 Å². The van der Waals surface area contributed by atoms with E-state index >= 15 is 0 Å². The Bertz CT molecular complexity index is 1200. The fourth-order valence-electron chi connectivity index (χ4n) is 2.75. The van der Waals surface area contributed by atoms with Gasteiger partial charge in [-0.1, -0.05) is 23.7 Å². The van der Waals surface area contributed by atoms with Gasteiger partial charge in [0, 0.05) is 22.9 Å². The van der Waals surface area contributed by atoms with Gasteiger partial charge in [0.05, 0.1) is 11.4 Å². The lowest BCUT2D eigenvalue weighted by Gasteiger charge is -2.18. The van der Waals surface area contributed by atoms with Crippen molar-refractivity contribution >= 4 is 57.6 Å². The summed E-state index contributed by atoms with van der Waals surface area (Å²) >= 11 is 7.01. The molecule has 0 spiro atoms. The highest BCUT2D eigenvalue weighted by Gasteiger charge is 2.25. The minimum absolute atomic E-state index is 0.0667. The van der Waals surface area contributed by atoms with Crippen LogP contribution < -0.4 is 4.90 Å². The van der Waals surface area contributed by atoms with Crippen molar-refractivity contribution in [1.82, 2.24) is 4.98 Å². The number of rotatable bonds is 4. The smallest absolute Gasteiger partial charge is 0.363 e. The molecule has 0 fully saturated rings. The molecule has 2 heterocycles. The summed E-state index contributed by atoms with van der Waals surface area (Å²) in [5.74, 6) is -1.39. The molecule has 0 bridgehead atoms. The first-order chi connectivity index (χ1) is 14.4. The largest absolute Gasteiger partial charge is 0.402 e. The number of aliphatic imine (C=N–C) groups is 1. The van der Waals surface area contributed by atoms with Gasteiger partial charge in [0.15, 0.2) is 10.8 Å². The number of carbonyl (C=O) groups is 2. The first kappa shape index (κ1) is 19.9. The number of cyclic esters (lactones) is 1. The molecule has 2 aromatic carbocycles. The van der Waals surface area contributed by atoms with Crippen LogP contribution in [-0.2, 0) is 14.3 Å². The van der Waals surface area contributed by atoms with Crippen LogP contribution >= 0.6 is 22.9 Å². The van der Waals surface area contributed by atoms with Crippen LogP contribution in [0.3, 0.4) is 0 Å². The van der Waals surface area contributed by atoms with Gasteiger partial charge in [0.2, 0.25) is 11.8 Å². The summed E-state index contributed by atoms with van der Waals surface area (Å²) in [5.41, 5.74) is 1.17.